The van der Waals surface area contributed by atoms with Crippen LogP contribution >= 0.6 is 11.8 Å². The van der Waals surface area contributed by atoms with Crippen LogP contribution in [0.15, 0.2) is 52.3 Å². The number of methoxy groups -OCH3 is 1. The maximum Gasteiger partial charge on any atom is 0.255 e. The maximum absolute atomic E-state index is 12.8. The Balaban J connectivity index is 1.90. The lowest BCUT2D eigenvalue weighted by Crippen LogP contribution is -2.26. The first-order valence-electron chi connectivity index (χ1n) is 7.68. The van der Waals surface area contributed by atoms with E-state index in [1.165, 1.54) is 37.4 Å². The fourth-order valence-corrected chi connectivity index (χ4v) is 3.52. The Morgan fingerprint density at radius 2 is 1.92 bits per heavy atom. The molecular weight excluding hydrogens is 379 g/mol. The fraction of sp³-hybridized carbons (Fsp3) is 0.235. The second-order valence-electron chi connectivity index (χ2n) is 5.32. The second-order valence-corrected chi connectivity index (χ2v) is 8.05. The van der Waals surface area contributed by atoms with Gasteiger partial charge in [0.25, 0.3) is 5.91 Å². The molecule has 9 heteroatoms. The Bertz CT molecular complexity index is 871. The van der Waals surface area contributed by atoms with Crippen molar-refractivity contribution >= 4 is 27.7 Å². The number of ether oxygens (including phenoxy) is 1. The summed E-state index contributed by atoms with van der Waals surface area (Å²) in [7, 11) is -2.52. The normalized spacial score (nSPS) is 11.2. The van der Waals surface area contributed by atoms with Crippen LogP contribution in [0.4, 0.5) is 4.39 Å². The van der Waals surface area contributed by atoms with Crippen molar-refractivity contribution in [2.24, 2.45) is 5.14 Å². The maximum atomic E-state index is 12.8. The van der Waals surface area contributed by atoms with Gasteiger partial charge in [-0.25, -0.2) is 17.9 Å². The Kier molecular flexibility index (Phi) is 7.01. The third kappa shape index (κ3) is 5.72. The summed E-state index contributed by atoms with van der Waals surface area (Å²) < 4.78 is 40.8. The minimum Gasteiger partial charge on any atom is -0.496 e. The molecule has 0 fully saturated rings. The summed E-state index contributed by atoms with van der Waals surface area (Å²) in [5, 5.41) is 7.81. The van der Waals surface area contributed by atoms with Crippen LogP contribution in [0.25, 0.3) is 0 Å². The topological polar surface area (TPSA) is 98.5 Å². The van der Waals surface area contributed by atoms with E-state index in [4.69, 9.17) is 9.88 Å². The minimum atomic E-state index is -3.91. The molecular formula is C17H19FN2O4S2. The molecule has 0 bridgehead atoms. The van der Waals surface area contributed by atoms with Crippen LogP contribution in [-0.2, 0) is 10.0 Å². The zero-order valence-corrected chi connectivity index (χ0v) is 15.7. The molecule has 2 rings (SSSR count). The van der Waals surface area contributed by atoms with Crippen molar-refractivity contribution in [3.8, 4) is 5.75 Å². The van der Waals surface area contributed by atoms with Crippen molar-refractivity contribution in [2.45, 2.75) is 16.2 Å². The first-order chi connectivity index (χ1) is 12.3. The number of rotatable bonds is 8. The number of thioether (sulfide) groups is 1. The molecule has 140 valence electrons. The van der Waals surface area contributed by atoms with E-state index in [1.54, 1.807) is 23.9 Å². The summed E-state index contributed by atoms with van der Waals surface area (Å²) in [5.41, 5.74) is 0.102. The van der Waals surface area contributed by atoms with Crippen LogP contribution < -0.4 is 15.2 Å². The number of nitrogens with one attached hydrogen (secondary N) is 1. The van der Waals surface area contributed by atoms with E-state index in [-0.39, 0.29) is 22.0 Å². The molecule has 26 heavy (non-hydrogen) atoms. The largest absolute Gasteiger partial charge is 0.496 e. The Morgan fingerprint density at radius 3 is 2.54 bits per heavy atom. The molecule has 0 radical (unpaired) electrons. The van der Waals surface area contributed by atoms with Crippen molar-refractivity contribution in [1.82, 2.24) is 5.32 Å². The molecule has 0 aliphatic rings. The van der Waals surface area contributed by atoms with Crippen LogP contribution in [0.5, 0.6) is 5.75 Å². The van der Waals surface area contributed by atoms with E-state index in [9.17, 15) is 17.6 Å². The van der Waals surface area contributed by atoms with E-state index >= 15 is 0 Å². The van der Waals surface area contributed by atoms with E-state index in [0.29, 0.717) is 13.0 Å². The molecule has 0 aromatic heterocycles. The Morgan fingerprint density at radius 1 is 1.23 bits per heavy atom. The molecule has 2 aromatic carbocycles. The van der Waals surface area contributed by atoms with Crippen molar-refractivity contribution in [3.63, 3.8) is 0 Å². The lowest BCUT2D eigenvalue weighted by Gasteiger charge is -2.10. The van der Waals surface area contributed by atoms with Gasteiger partial charge >= 0.3 is 0 Å². The lowest BCUT2D eigenvalue weighted by molar-refractivity contribution is 0.0950. The predicted molar refractivity (Wildman–Crippen MR) is 98.4 cm³/mol. The van der Waals surface area contributed by atoms with Crippen molar-refractivity contribution in [2.75, 3.05) is 19.4 Å². The van der Waals surface area contributed by atoms with E-state index in [1.807, 2.05) is 0 Å². The average molecular weight is 398 g/mol. The summed E-state index contributed by atoms with van der Waals surface area (Å²) in [4.78, 5) is 13.1. The van der Waals surface area contributed by atoms with Gasteiger partial charge in [-0.3, -0.25) is 4.79 Å². The molecule has 1 amide bonds. The summed E-state index contributed by atoms with van der Waals surface area (Å²) in [6.07, 6.45) is 0.685. The summed E-state index contributed by atoms with van der Waals surface area (Å²) >= 11 is 1.55. The first-order valence-corrected chi connectivity index (χ1v) is 10.2. The number of halogens is 1. The molecule has 0 unspecified atom stereocenters. The highest BCUT2D eigenvalue weighted by Gasteiger charge is 2.17. The molecule has 0 saturated carbocycles. The highest BCUT2D eigenvalue weighted by Crippen LogP contribution is 2.22. The molecule has 6 nitrogen and oxygen atoms in total. The lowest BCUT2D eigenvalue weighted by atomic mass is 10.2. The molecule has 3 N–H and O–H groups in total. The third-order valence-corrected chi connectivity index (χ3v) is 5.44. The molecule has 0 aliphatic heterocycles. The zero-order valence-electron chi connectivity index (χ0n) is 14.1. The quantitative estimate of drug-likeness (QED) is 0.526. The molecule has 2 aromatic rings. The van der Waals surface area contributed by atoms with Crippen molar-refractivity contribution in [1.29, 1.82) is 0 Å². The highest BCUT2D eigenvalue weighted by molar-refractivity contribution is 7.99. The van der Waals surface area contributed by atoms with Crippen LogP contribution in [0, 0.1) is 5.82 Å². The van der Waals surface area contributed by atoms with Crippen LogP contribution in [0.1, 0.15) is 16.8 Å². The zero-order chi connectivity index (χ0) is 19.2. The van der Waals surface area contributed by atoms with Gasteiger partial charge in [0.2, 0.25) is 10.0 Å². The predicted octanol–water partition coefficient (Wildman–Crippen LogP) is 2.39. The number of amides is 1. The second kappa shape index (κ2) is 9.02. The van der Waals surface area contributed by atoms with Gasteiger partial charge in [0.1, 0.15) is 11.6 Å². The molecule has 0 aliphatic carbocycles. The smallest absolute Gasteiger partial charge is 0.255 e. The van der Waals surface area contributed by atoms with Gasteiger partial charge in [0.15, 0.2) is 0 Å². The fourth-order valence-electron chi connectivity index (χ4n) is 2.13. The number of carbonyl (C=O) groups excluding carboxylic acids is 1. The van der Waals surface area contributed by atoms with Crippen molar-refractivity contribution in [3.05, 3.63) is 53.8 Å². The van der Waals surface area contributed by atoms with E-state index < -0.39 is 15.9 Å². The number of hydrogen-bond acceptors (Lipinski definition) is 5. The average Bonchev–Trinajstić information content (AvgIpc) is 2.61. The minimum absolute atomic E-state index is 0.102. The monoisotopic (exact) mass is 398 g/mol. The van der Waals surface area contributed by atoms with E-state index in [0.717, 1.165) is 10.6 Å². The Hall–Kier alpha value is -2.10. The number of hydrogen-bond donors (Lipinski definition) is 2. The Labute approximate surface area is 156 Å². The van der Waals surface area contributed by atoms with Crippen LogP contribution in [-0.4, -0.2) is 33.7 Å². The number of carbonyl (C=O) groups is 1. The summed E-state index contributed by atoms with van der Waals surface area (Å²) in [6, 6.07) is 10.0. The van der Waals surface area contributed by atoms with Gasteiger partial charge < -0.3 is 10.1 Å². The molecule has 0 saturated heterocycles. The number of sulfonamides is 1. The van der Waals surface area contributed by atoms with Crippen LogP contribution in [0.3, 0.4) is 0 Å². The summed E-state index contributed by atoms with van der Waals surface area (Å²) in [5.74, 6) is 0.271. The van der Waals surface area contributed by atoms with Crippen molar-refractivity contribution < 1.29 is 22.3 Å². The number of primary sulfonamides is 1. The number of benzene rings is 2. The number of nitrogens with two attached hydrogens (primary N) is 1. The molecule has 0 heterocycles. The SMILES string of the molecule is COc1ccc(S(N)(=O)=O)cc1C(=O)NCCCSc1ccc(F)cc1. The van der Waals surface area contributed by atoms with E-state index in [2.05, 4.69) is 5.32 Å². The van der Waals surface area contributed by atoms with Gasteiger partial charge in [-0.1, -0.05) is 0 Å². The highest BCUT2D eigenvalue weighted by atomic mass is 32.2. The van der Waals surface area contributed by atoms with Gasteiger partial charge in [-0.05, 0) is 54.6 Å². The summed E-state index contributed by atoms with van der Waals surface area (Å²) in [6.45, 7) is 0.399. The van der Waals surface area contributed by atoms with Gasteiger partial charge in [0, 0.05) is 11.4 Å². The first kappa shape index (κ1) is 20.2. The van der Waals surface area contributed by atoms with Gasteiger partial charge in [-0.2, -0.15) is 0 Å². The van der Waals surface area contributed by atoms with Gasteiger partial charge in [-0.15, -0.1) is 11.8 Å². The molecule has 0 atom stereocenters. The third-order valence-electron chi connectivity index (χ3n) is 3.43. The van der Waals surface area contributed by atoms with Gasteiger partial charge in [0.05, 0.1) is 17.6 Å². The van der Waals surface area contributed by atoms with Crippen LogP contribution in [0.2, 0.25) is 0 Å². The molecule has 0 spiro atoms. The standard InChI is InChI=1S/C17H19FN2O4S2/c1-24-16-8-7-14(26(19,22)23)11-15(16)17(21)20-9-2-10-25-13-5-3-12(18)4-6-13/h3-8,11H,2,9-10H2,1H3,(H,20,21)(H2,19,22,23).